The van der Waals surface area contributed by atoms with Gasteiger partial charge in [-0.05, 0) is 24.5 Å². The molecule has 0 saturated carbocycles. The van der Waals surface area contributed by atoms with Gasteiger partial charge in [0.05, 0.1) is 11.3 Å². The number of nitrogens with two attached hydrogens (primary N) is 1. The Balaban J connectivity index is 2.38. The summed E-state index contributed by atoms with van der Waals surface area (Å²) in [7, 11) is 0. The van der Waals surface area contributed by atoms with Crippen molar-refractivity contribution < 1.29 is 4.52 Å². The lowest BCUT2D eigenvalue weighted by atomic mass is 10.2. The largest absolute Gasteiger partial charge is 0.398 e. The van der Waals surface area contributed by atoms with Crippen LogP contribution in [0.3, 0.4) is 0 Å². The van der Waals surface area contributed by atoms with Crippen LogP contribution in [0.1, 0.15) is 5.82 Å². The molecule has 0 atom stereocenters. The Bertz CT molecular complexity index is 501. The maximum absolute atomic E-state index is 5.89. The van der Waals surface area contributed by atoms with Gasteiger partial charge in [0.15, 0.2) is 5.82 Å². The highest BCUT2D eigenvalue weighted by Gasteiger charge is 2.11. The average Bonchev–Trinajstić information content (AvgIpc) is 2.71. The summed E-state index contributed by atoms with van der Waals surface area (Å²) in [6.07, 6.45) is 1.98. The van der Waals surface area contributed by atoms with Crippen LogP contribution >= 0.6 is 23.4 Å². The lowest BCUT2D eigenvalue weighted by Crippen LogP contribution is -1.90. The van der Waals surface area contributed by atoms with Crippen LogP contribution in [0.5, 0.6) is 0 Å². The van der Waals surface area contributed by atoms with E-state index in [2.05, 4.69) is 10.1 Å². The average molecular weight is 256 g/mol. The molecular formula is C10H10ClN3OS. The molecule has 4 nitrogen and oxygen atoms in total. The van der Waals surface area contributed by atoms with Gasteiger partial charge in [0.1, 0.15) is 0 Å². The molecule has 1 aromatic carbocycles. The zero-order valence-electron chi connectivity index (χ0n) is 8.61. The molecular weight excluding hydrogens is 246 g/mol. The molecule has 0 spiro atoms. The van der Waals surface area contributed by atoms with Crippen molar-refractivity contribution in [2.24, 2.45) is 0 Å². The summed E-state index contributed by atoms with van der Waals surface area (Å²) in [5.74, 6) is 1.77. The first kappa shape index (κ1) is 11.3. The quantitative estimate of drug-likeness (QED) is 0.855. The molecule has 0 aliphatic heterocycles. The molecule has 2 aromatic rings. The van der Waals surface area contributed by atoms with E-state index in [0.29, 0.717) is 33.7 Å². The standard InChI is InChI=1S/C10H10ClN3OS/c1-16-5-9-13-10(15-14-9)7-4-6(11)2-3-8(7)12/h2-4H,5,12H2,1H3. The van der Waals surface area contributed by atoms with Crippen LogP contribution in [0.15, 0.2) is 22.7 Å². The highest BCUT2D eigenvalue weighted by atomic mass is 35.5. The second-order valence-electron chi connectivity index (χ2n) is 3.18. The van der Waals surface area contributed by atoms with Crippen LogP contribution in [-0.2, 0) is 5.75 Å². The van der Waals surface area contributed by atoms with E-state index >= 15 is 0 Å². The molecule has 84 valence electrons. The first-order chi connectivity index (χ1) is 7.70. The maximum atomic E-state index is 5.89. The molecule has 16 heavy (non-hydrogen) atoms. The van der Waals surface area contributed by atoms with E-state index in [1.165, 1.54) is 0 Å². The first-order valence-electron chi connectivity index (χ1n) is 4.57. The van der Waals surface area contributed by atoms with Crippen molar-refractivity contribution in [1.29, 1.82) is 0 Å². The maximum Gasteiger partial charge on any atom is 0.260 e. The zero-order valence-corrected chi connectivity index (χ0v) is 10.2. The van der Waals surface area contributed by atoms with Gasteiger partial charge in [-0.15, -0.1) is 0 Å². The van der Waals surface area contributed by atoms with Crippen LogP contribution in [0, 0.1) is 0 Å². The minimum Gasteiger partial charge on any atom is -0.398 e. The minimum atomic E-state index is 0.407. The van der Waals surface area contributed by atoms with Crippen LogP contribution in [0.2, 0.25) is 5.02 Å². The first-order valence-corrected chi connectivity index (χ1v) is 6.35. The lowest BCUT2D eigenvalue weighted by Gasteiger charge is -2.00. The van der Waals surface area contributed by atoms with Gasteiger partial charge in [0.25, 0.3) is 5.89 Å². The Morgan fingerprint density at radius 1 is 1.50 bits per heavy atom. The molecule has 0 fully saturated rings. The van der Waals surface area contributed by atoms with Gasteiger partial charge in [0.2, 0.25) is 0 Å². The molecule has 0 aliphatic rings. The van der Waals surface area contributed by atoms with E-state index in [4.69, 9.17) is 21.9 Å². The van der Waals surface area contributed by atoms with E-state index in [1.807, 2.05) is 6.26 Å². The van der Waals surface area contributed by atoms with Gasteiger partial charge in [-0.3, -0.25) is 0 Å². The third-order valence-electron chi connectivity index (χ3n) is 1.99. The van der Waals surface area contributed by atoms with Crippen molar-refractivity contribution in [2.75, 3.05) is 12.0 Å². The van der Waals surface area contributed by atoms with Gasteiger partial charge >= 0.3 is 0 Å². The summed E-state index contributed by atoms with van der Waals surface area (Å²) in [5.41, 5.74) is 7.06. The van der Waals surface area contributed by atoms with E-state index in [-0.39, 0.29) is 0 Å². The summed E-state index contributed by atoms with van der Waals surface area (Å²) < 4.78 is 5.13. The number of hydrogen-bond donors (Lipinski definition) is 1. The molecule has 2 N–H and O–H groups in total. The summed E-state index contributed by atoms with van der Waals surface area (Å²) in [4.78, 5) is 4.23. The molecule has 0 radical (unpaired) electrons. The predicted octanol–water partition coefficient (Wildman–Crippen LogP) is 2.84. The fourth-order valence-electron chi connectivity index (χ4n) is 1.26. The summed E-state index contributed by atoms with van der Waals surface area (Å²) >= 11 is 7.51. The Morgan fingerprint density at radius 3 is 3.06 bits per heavy atom. The van der Waals surface area contributed by atoms with Crippen molar-refractivity contribution in [2.45, 2.75) is 5.75 Å². The molecule has 0 saturated heterocycles. The number of rotatable bonds is 3. The smallest absolute Gasteiger partial charge is 0.260 e. The van der Waals surface area contributed by atoms with Crippen molar-refractivity contribution in [3.05, 3.63) is 29.0 Å². The zero-order chi connectivity index (χ0) is 11.5. The Labute approximate surface area is 102 Å². The number of aromatic nitrogens is 2. The molecule has 0 unspecified atom stereocenters. The van der Waals surface area contributed by atoms with E-state index in [0.717, 1.165) is 0 Å². The SMILES string of the molecule is CSCc1noc(-c2cc(Cl)ccc2N)n1. The Morgan fingerprint density at radius 2 is 2.31 bits per heavy atom. The van der Waals surface area contributed by atoms with E-state index in [1.54, 1.807) is 30.0 Å². The van der Waals surface area contributed by atoms with Crippen LogP contribution in [0.25, 0.3) is 11.5 Å². The number of halogens is 1. The lowest BCUT2D eigenvalue weighted by molar-refractivity contribution is 0.425. The summed E-state index contributed by atoms with van der Waals surface area (Å²) in [6.45, 7) is 0. The van der Waals surface area contributed by atoms with Gasteiger partial charge in [-0.25, -0.2) is 0 Å². The second kappa shape index (κ2) is 4.76. The molecule has 6 heteroatoms. The van der Waals surface area contributed by atoms with Crippen molar-refractivity contribution in [1.82, 2.24) is 10.1 Å². The van der Waals surface area contributed by atoms with Crippen molar-refractivity contribution in [3.63, 3.8) is 0 Å². The normalized spacial score (nSPS) is 10.6. The molecule has 0 bridgehead atoms. The van der Waals surface area contributed by atoms with Crippen LogP contribution in [-0.4, -0.2) is 16.4 Å². The van der Waals surface area contributed by atoms with Crippen molar-refractivity contribution >= 4 is 29.1 Å². The fraction of sp³-hybridized carbons (Fsp3) is 0.200. The molecule has 0 amide bonds. The van der Waals surface area contributed by atoms with Crippen LogP contribution < -0.4 is 5.73 Å². The van der Waals surface area contributed by atoms with E-state index in [9.17, 15) is 0 Å². The third-order valence-corrected chi connectivity index (χ3v) is 2.77. The Kier molecular flexibility index (Phi) is 3.36. The highest BCUT2D eigenvalue weighted by Crippen LogP contribution is 2.27. The topological polar surface area (TPSA) is 64.9 Å². The fourth-order valence-corrected chi connectivity index (χ4v) is 1.81. The predicted molar refractivity (Wildman–Crippen MR) is 66.4 cm³/mol. The number of hydrogen-bond acceptors (Lipinski definition) is 5. The number of nitrogens with zero attached hydrogens (tertiary/aromatic N) is 2. The number of thioether (sulfide) groups is 1. The summed E-state index contributed by atoms with van der Waals surface area (Å²) in [5, 5.41) is 4.44. The van der Waals surface area contributed by atoms with Gasteiger partial charge in [0, 0.05) is 10.7 Å². The third kappa shape index (κ3) is 2.31. The second-order valence-corrected chi connectivity index (χ2v) is 4.48. The molecule has 0 aliphatic carbocycles. The highest BCUT2D eigenvalue weighted by molar-refractivity contribution is 7.97. The van der Waals surface area contributed by atoms with Crippen LogP contribution in [0.4, 0.5) is 5.69 Å². The molecule has 1 aromatic heterocycles. The van der Waals surface area contributed by atoms with Crippen molar-refractivity contribution in [3.8, 4) is 11.5 Å². The minimum absolute atomic E-state index is 0.407. The van der Waals surface area contributed by atoms with Gasteiger partial charge in [-0.2, -0.15) is 16.7 Å². The monoisotopic (exact) mass is 255 g/mol. The van der Waals surface area contributed by atoms with Gasteiger partial charge < -0.3 is 10.3 Å². The Hall–Kier alpha value is -1.20. The van der Waals surface area contributed by atoms with Gasteiger partial charge in [-0.1, -0.05) is 16.8 Å². The van der Waals surface area contributed by atoms with E-state index < -0.39 is 0 Å². The summed E-state index contributed by atoms with van der Waals surface area (Å²) in [6, 6.07) is 5.16. The molecule has 1 heterocycles. The number of nitrogen functional groups attached to an aromatic ring is 1. The molecule has 2 rings (SSSR count). The number of benzene rings is 1. The number of anilines is 1.